The van der Waals surface area contributed by atoms with Crippen molar-refractivity contribution < 1.29 is 14.0 Å². The summed E-state index contributed by atoms with van der Waals surface area (Å²) in [6.07, 6.45) is 1.51. The largest absolute Gasteiger partial charge is 0.467 e. The minimum absolute atomic E-state index is 0.141. The van der Waals surface area contributed by atoms with E-state index in [1.54, 1.807) is 30.3 Å². The molecule has 1 unspecified atom stereocenters. The maximum absolute atomic E-state index is 13.1. The van der Waals surface area contributed by atoms with Crippen molar-refractivity contribution in [3.8, 4) is 0 Å². The van der Waals surface area contributed by atoms with Crippen molar-refractivity contribution in [3.05, 3.63) is 57.7 Å². The molecule has 0 bridgehead atoms. The summed E-state index contributed by atoms with van der Waals surface area (Å²) in [5.41, 5.74) is 5.21. The van der Waals surface area contributed by atoms with Crippen molar-refractivity contribution >= 4 is 46.2 Å². The van der Waals surface area contributed by atoms with Crippen LogP contribution < -0.4 is 16.6 Å². The molecular weight excluding hydrogens is 416 g/mol. The molecule has 2 aromatic heterocycles. The highest BCUT2D eigenvalue weighted by molar-refractivity contribution is 8.00. The van der Waals surface area contributed by atoms with Gasteiger partial charge in [0, 0.05) is 5.02 Å². The molecule has 1 aromatic carbocycles. The van der Waals surface area contributed by atoms with Crippen molar-refractivity contribution in [1.82, 2.24) is 14.9 Å². The quantitative estimate of drug-likeness (QED) is 0.454. The molecule has 0 saturated carbocycles. The number of primary amides is 1. The van der Waals surface area contributed by atoms with Gasteiger partial charge in [-0.05, 0) is 36.2 Å². The van der Waals surface area contributed by atoms with Crippen LogP contribution in [0.1, 0.15) is 19.6 Å². The zero-order chi connectivity index (χ0) is 21.1. The molecule has 0 saturated heterocycles. The number of imide groups is 1. The van der Waals surface area contributed by atoms with Gasteiger partial charge in [-0.1, -0.05) is 37.2 Å². The lowest BCUT2D eigenvalue weighted by Gasteiger charge is -2.20. The van der Waals surface area contributed by atoms with Crippen LogP contribution in [-0.4, -0.2) is 26.7 Å². The second kappa shape index (κ2) is 8.71. The third-order valence-corrected chi connectivity index (χ3v) is 5.89. The molecule has 0 spiro atoms. The van der Waals surface area contributed by atoms with Crippen LogP contribution in [0.15, 0.2) is 51.0 Å². The number of hydrogen-bond donors (Lipinski definition) is 2. The molecular formula is C19H19ClN4O4S. The van der Waals surface area contributed by atoms with Crippen LogP contribution in [0, 0.1) is 5.92 Å². The van der Waals surface area contributed by atoms with E-state index in [2.05, 4.69) is 10.3 Å². The lowest BCUT2D eigenvalue weighted by Crippen LogP contribution is -2.42. The molecule has 152 valence electrons. The van der Waals surface area contributed by atoms with Gasteiger partial charge in [-0.25, -0.2) is 9.78 Å². The summed E-state index contributed by atoms with van der Waals surface area (Å²) in [6, 6.07) is 7.35. The van der Waals surface area contributed by atoms with Gasteiger partial charge in [-0.2, -0.15) is 0 Å². The van der Waals surface area contributed by atoms with Crippen molar-refractivity contribution in [2.75, 3.05) is 0 Å². The van der Waals surface area contributed by atoms with Crippen LogP contribution >= 0.6 is 23.4 Å². The maximum Gasteiger partial charge on any atom is 0.318 e. The monoisotopic (exact) mass is 434 g/mol. The average Bonchev–Trinajstić information content (AvgIpc) is 3.14. The maximum atomic E-state index is 13.1. The number of furan rings is 1. The number of urea groups is 1. The summed E-state index contributed by atoms with van der Waals surface area (Å²) in [4.78, 5) is 41.3. The Hall–Kier alpha value is -2.78. The number of halogens is 1. The number of nitrogens with two attached hydrogens (primary N) is 1. The Bertz CT molecular complexity index is 1110. The summed E-state index contributed by atoms with van der Waals surface area (Å²) in [5, 5.41) is 2.54. The molecule has 3 N–H and O–H groups in total. The van der Waals surface area contributed by atoms with Gasteiger partial charge in [-0.3, -0.25) is 19.5 Å². The Labute approximate surface area is 175 Å². The van der Waals surface area contributed by atoms with E-state index < -0.39 is 17.2 Å². The van der Waals surface area contributed by atoms with Crippen LogP contribution in [0.25, 0.3) is 10.9 Å². The highest BCUT2D eigenvalue weighted by Gasteiger charge is 2.27. The zero-order valence-corrected chi connectivity index (χ0v) is 17.3. The van der Waals surface area contributed by atoms with E-state index in [9.17, 15) is 14.4 Å². The van der Waals surface area contributed by atoms with Crippen molar-refractivity contribution in [1.29, 1.82) is 0 Å². The molecule has 3 aromatic rings. The van der Waals surface area contributed by atoms with Gasteiger partial charge in [-0.15, -0.1) is 0 Å². The predicted molar refractivity (Wildman–Crippen MR) is 111 cm³/mol. The van der Waals surface area contributed by atoms with Gasteiger partial charge >= 0.3 is 6.03 Å². The molecule has 8 nitrogen and oxygen atoms in total. The van der Waals surface area contributed by atoms with E-state index >= 15 is 0 Å². The molecule has 0 fully saturated rings. The van der Waals surface area contributed by atoms with E-state index in [1.807, 2.05) is 13.8 Å². The van der Waals surface area contributed by atoms with Crippen LogP contribution in [0.2, 0.25) is 5.02 Å². The predicted octanol–water partition coefficient (Wildman–Crippen LogP) is 3.00. The van der Waals surface area contributed by atoms with Gasteiger partial charge in [0.2, 0.25) is 5.91 Å². The molecule has 0 aliphatic rings. The van der Waals surface area contributed by atoms with Gasteiger partial charge in [0.05, 0.1) is 29.0 Å². The number of thioether (sulfide) groups is 1. The van der Waals surface area contributed by atoms with Gasteiger partial charge in [0.15, 0.2) is 5.16 Å². The summed E-state index contributed by atoms with van der Waals surface area (Å²) in [5.74, 6) is -0.155. The fourth-order valence-corrected chi connectivity index (χ4v) is 4.02. The van der Waals surface area contributed by atoms with Gasteiger partial charge in [0.1, 0.15) is 5.76 Å². The molecule has 29 heavy (non-hydrogen) atoms. The van der Waals surface area contributed by atoms with Crippen LogP contribution in [0.3, 0.4) is 0 Å². The number of fused-ring (bicyclic) bond motifs is 1. The fourth-order valence-electron chi connectivity index (χ4n) is 2.76. The second-order valence-corrected chi connectivity index (χ2v) is 8.21. The molecule has 1 atom stereocenters. The second-order valence-electron chi connectivity index (χ2n) is 6.66. The molecule has 3 amide bonds. The molecule has 0 aliphatic carbocycles. The Kier molecular flexibility index (Phi) is 6.29. The highest BCUT2D eigenvalue weighted by Crippen LogP contribution is 2.28. The van der Waals surface area contributed by atoms with Crippen LogP contribution in [-0.2, 0) is 11.3 Å². The van der Waals surface area contributed by atoms with Crippen molar-refractivity contribution in [2.24, 2.45) is 11.7 Å². The van der Waals surface area contributed by atoms with E-state index in [-0.39, 0.29) is 18.0 Å². The molecule has 0 aliphatic heterocycles. The first-order valence-electron chi connectivity index (χ1n) is 8.75. The van der Waals surface area contributed by atoms with E-state index in [1.165, 1.54) is 10.8 Å². The Balaban J connectivity index is 2.11. The Morgan fingerprint density at radius 2 is 2.10 bits per heavy atom. The number of carbonyl (C=O) groups excluding carboxylic acids is 2. The van der Waals surface area contributed by atoms with Gasteiger partial charge in [0.25, 0.3) is 5.56 Å². The molecule has 0 radical (unpaired) electrons. The van der Waals surface area contributed by atoms with Crippen molar-refractivity contribution in [2.45, 2.75) is 30.8 Å². The zero-order valence-electron chi connectivity index (χ0n) is 15.7. The molecule has 2 heterocycles. The lowest BCUT2D eigenvalue weighted by molar-refractivity contribution is -0.120. The SMILES string of the molecule is CC(C)C(Sc1nc2cc(Cl)ccc2c(=O)n1Cc1ccco1)C(=O)NC(N)=O. The Morgan fingerprint density at radius 3 is 2.72 bits per heavy atom. The summed E-state index contributed by atoms with van der Waals surface area (Å²) in [7, 11) is 0. The van der Waals surface area contributed by atoms with Crippen LogP contribution in [0.4, 0.5) is 4.79 Å². The first-order chi connectivity index (χ1) is 13.8. The first kappa shape index (κ1) is 20.9. The van der Waals surface area contributed by atoms with Crippen molar-refractivity contribution in [3.63, 3.8) is 0 Å². The number of rotatable bonds is 6. The third-order valence-electron chi connectivity index (χ3n) is 4.12. The van der Waals surface area contributed by atoms with Crippen LogP contribution in [0.5, 0.6) is 0 Å². The lowest BCUT2D eigenvalue weighted by atomic mass is 10.1. The molecule has 10 heteroatoms. The Morgan fingerprint density at radius 1 is 1.34 bits per heavy atom. The smallest absolute Gasteiger partial charge is 0.318 e. The summed E-state index contributed by atoms with van der Waals surface area (Å²) >= 11 is 7.13. The topological polar surface area (TPSA) is 120 Å². The van der Waals surface area contributed by atoms with E-state index in [4.69, 9.17) is 21.8 Å². The standard InChI is InChI=1S/C19H19ClN4O4S/c1-10(2)15(16(25)23-18(21)27)29-19-22-14-8-11(20)5-6-13(14)17(26)24(19)9-12-4-3-7-28-12/h3-8,10,15H,9H2,1-2H3,(H3,21,23,25,27). The minimum Gasteiger partial charge on any atom is -0.467 e. The number of amides is 3. The van der Waals surface area contributed by atoms with E-state index in [0.717, 1.165) is 11.8 Å². The third kappa shape index (κ3) is 4.80. The first-order valence-corrected chi connectivity index (χ1v) is 10.0. The molecule has 3 rings (SSSR count). The fraction of sp³-hybridized carbons (Fsp3) is 0.263. The number of benzene rings is 1. The average molecular weight is 435 g/mol. The number of aromatic nitrogens is 2. The minimum atomic E-state index is -0.938. The van der Waals surface area contributed by atoms with E-state index in [0.29, 0.717) is 26.8 Å². The number of nitrogens with zero attached hydrogens (tertiary/aromatic N) is 2. The summed E-state index contributed by atoms with van der Waals surface area (Å²) < 4.78 is 6.81. The highest BCUT2D eigenvalue weighted by atomic mass is 35.5. The summed E-state index contributed by atoms with van der Waals surface area (Å²) in [6.45, 7) is 3.79. The normalized spacial score (nSPS) is 12.3. The number of hydrogen-bond acceptors (Lipinski definition) is 6. The number of nitrogens with one attached hydrogen (secondary N) is 1. The number of carbonyl (C=O) groups is 2. The van der Waals surface area contributed by atoms with Gasteiger partial charge < -0.3 is 10.2 Å².